The molecule has 2 N–H and O–H groups in total. The van der Waals surface area contributed by atoms with Crippen molar-refractivity contribution >= 4 is 5.97 Å². The Morgan fingerprint density at radius 2 is 2.39 bits per heavy atom. The molecule has 6 heteroatoms. The van der Waals surface area contributed by atoms with Gasteiger partial charge in [0.05, 0.1) is 12.3 Å². The average Bonchev–Trinajstić information content (AvgIpc) is 2.34. The summed E-state index contributed by atoms with van der Waals surface area (Å²) >= 11 is 0. The Morgan fingerprint density at radius 3 is 3.11 bits per heavy atom. The van der Waals surface area contributed by atoms with Gasteiger partial charge in [-0.15, -0.1) is 0 Å². The summed E-state index contributed by atoms with van der Waals surface area (Å²) in [5, 5.41) is 18.6. The zero-order chi connectivity index (χ0) is 13.1. The lowest BCUT2D eigenvalue weighted by Gasteiger charge is -2.30. The maximum absolute atomic E-state index is 10.9. The smallest absolute Gasteiger partial charge is 0.334 e. The maximum Gasteiger partial charge on any atom is 0.334 e. The van der Waals surface area contributed by atoms with E-state index in [1.54, 1.807) is 12.1 Å². The van der Waals surface area contributed by atoms with Gasteiger partial charge in [0.15, 0.2) is 6.10 Å². The van der Waals surface area contributed by atoms with E-state index in [-0.39, 0.29) is 5.75 Å². The van der Waals surface area contributed by atoms with Gasteiger partial charge in [0.2, 0.25) is 0 Å². The third-order valence-electron chi connectivity index (χ3n) is 2.89. The second kappa shape index (κ2) is 5.32. The van der Waals surface area contributed by atoms with Gasteiger partial charge in [0.1, 0.15) is 5.75 Å². The van der Waals surface area contributed by atoms with Crippen LogP contribution in [0.3, 0.4) is 0 Å². The maximum atomic E-state index is 10.9. The lowest BCUT2D eigenvalue weighted by molar-refractivity contribution is -0.156. The molecule has 2 heterocycles. The Morgan fingerprint density at radius 1 is 1.61 bits per heavy atom. The van der Waals surface area contributed by atoms with E-state index in [0.29, 0.717) is 31.9 Å². The van der Waals surface area contributed by atoms with Crippen LogP contribution in [0.5, 0.6) is 5.75 Å². The number of hydrogen-bond donors (Lipinski definition) is 2. The van der Waals surface area contributed by atoms with Crippen molar-refractivity contribution in [3.8, 4) is 5.75 Å². The molecule has 0 aliphatic carbocycles. The van der Waals surface area contributed by atoms with E-state index >= 15 is 0 Å². The molecule has 0 amide bonds. The van der Waals surface area contributed by atoms with Crippen LogP contribution < -0.4 is 0 Å². The molecule has 18 heavy (non-hydrogen) atoms. The summed E-state index contributed by atoms with van der Waals surface area (Å²) in [7, 11) is 0. The highest BCUT2D eigenvalue weighted by Gasteiger charge is 2.26. The molecule has 6 nitrogen and oxygen atoms in total. The first-order valence-electron chi connectivity index (χ1n) is 5.78. The van der Waals surface area contributed by atoms with Crippen LogP contribution in [-0.4, -0.2) is 51.9 Å². The van der Waals surface area contributed by atoms with Crippen LogP contribution in [0.25, 0.3) is 0 Å². The fourth-order valence-electron chi connectivity index (χ4n) is 1.93. The van der Waals surface area contributed by atoms with Gasteiger partial charge in [0.25, 0.3) is 0 Å². The number of aromatic hydroxyl groups is 1. The van der Waals surface area contributed by atoms with Crippen LogP contribution in [-0.2, 0) is 16.1 Å². The molecule has 2 rings (SSSR count). The number of carbonyl (C=O) groups is 1. The number of aromatic nitrogens is 1. The number of aryl methyl sites for hydroxylation is 1. The van der Waals surface area contributed by atoms with Crippen LogP contribution >= 0.6 is 0 Å². The van der Waals surface area contributed by atoms with Crippen molar-refractivity contribution in [2.75, 3.05) is 19.7 Å². The van der Waals surface area contributed by atoms with E-state index in [2.05, 4.69) is 4.98 Å². The number of carboxylic acids is 1. The van der Waals surface area contributed by atoms with E-state index in [1.807, 2.05) is 11.8 Å². The molecule has 1 unspecified atom stereocenters. The number of aliphatic carboxylic acids is 1. The second-order valence-electron chi connectivity index (χ2n) is 4.35. The first-order valence-corrected chi connectivity index (χ1v) is 5.78. The van der Waals surface area contributed by atoms with E-state index in [9.17, 15) is 9.90 Å². The molecule has 1 saturated heterocycles. The molecule has 1 aliphatic rings. The van der Waals surface area contributed by atoms with E-state index in [4.69, 9.17) is 9.84 Å². The number of morpholine rings is 1. The number of ether oxygens (including phenoxy) is 1. The van der Waals surface area contributed by atoms with Crippen molar-refractivity contribution in [1.82, 2.24) is 9.88 Å². The lowest BCUT2D eigenvalue weighted by atomic mass is 10.2. The van der Waals surface area contributed by atoms with E-state index in [0.717, 1.165) is 5.69 Å². The Labute approximate surface area is 105 Å². The summed E-state index contributed by atoms with van der Waals surface area (Å²) in [4.78, 5) is 17.0. The minimum Gasteiger partial charge on any atom is -0.506 e. The average molecular weight is 252 g/mol. The molecule has 1 aromatic rings. The fourth-order valence-corrected chi connectivity index (χ4v) is 1.93. The Balaban J connectivity index is 2.04. The number of carboxylic acid groups (broad SMARTS) is 1. The molecule has 98 valence electrons. The van der Waals surface area contributed by atoms with Crippen molar-refractivity contribution in [3.05, 3.63) is 23.5 Å². The number of rotatable bonds is 3. The second-order valence-corrected chi connectivity index (χ2v) is 4.35. The topological polar surface area (TPSA) is 82.9 Å². The minimum absolute atomic E-state index is 0.138. The molecule has 0 radical (unpaired) electrons. The highest BCUT2D eigenvalue weighted by atomic mass is 16.5. The third kappa shape index (κ3) is 2.96. The zero-order valence-electron chi connectivity index (χ0n) is 10.2. The van der Waals surface area contributed by atoms with Crippen LogP contribution in [0.2, 0.25) is 0 Å². The Bertz CT molecular complexity index is 450. The Hall–Kier alpha value is -1.66. The first-order chi connectivity index (χ1) is 8.56. The SMILES string of the molecule is Cc1ccc(O)c(CN2CCOC(C(=O)O)C2)n1. The predicted molar refractivity (Wildman–Crippen MR) is 63.3 cm³/mol. The summed E-state index contributed by atoms with van der Waals surface area (Å²) in [6.45, 7) is 3.61. The molecule has 1 atom stereocenters. The predicted octanol–water partition coefficient (Wildman–Crippen LogP) is 0.381. The van der Waals surface area contributed by atoms with Crippen LogP contribution in [0.15, 0.2) is 12.1 Å². The minimum atomic E-state index is -0.957. The fraction of sp³-hybridized carbons (Fsp3) is 0.500. The van der Waals surface area contributed by atoms with Gasteiger partial charge in [0, 0.05) is 25.3 Å². The van der Waals surface area contributed by atoms with Gasteiger partial charge in [-0.2, -0.15) is 0 Å². The zero-order valence-corrected chi connectivity index (χ0v) is 10.2. The van der Waals surface area contributed by atoms with Gasteiger partial charge in [-0.1, -0.05) is 0 Å². The van der Waals surface area contributed by atoms with Crippen molar-refractivity contribution < 1.29 is 19.7 Å². The van der Waals surface area contributed by atoms with Gasteiger partial charge >= 0.3 is 5.97 Å². The molecular weight excluding hydrogens is 236 g/mol. The van der Waals surface area contributed by atoms with Crippen LogP contribution in [0.1, 0.15) is 11.4 Å². The van der Waals surface area contributed by atoms with E-state index in [1.165, 1.54) is 0 Å². The molecule has 0 saturated carbocycles. The monoisotopic (exact) mass is 252 g/mol. The van der Waals surface area contributed by atoms with Crippen molar-refractivity contribution in [2.24, 2.45) is 0 Å². The van der Waals surface area contributed by atoms with Crippen molar-refractivity contribution in [1.29, 1.82) is 0 Å². The van der Waals surface area contributed by atoms with Gasteiger partial charge < -0.3 is 14.9 Å². The lowest BCUT2D eigenvalue weighted by Crippen LogP contribution is -2.45. The summed E-state index contributed by atoms with van der Waals surface area (Å²) in [5.41, 5.74) is 1.40. The molecule has 0 bridgehead atoms. The summed E-state index contributed by atoms with van der Waals surface area (Å²) < 4.78 is 5.14. The molecule has 1 aliphatic heterocycles. The highest BCUT2D eigenvalue weighted by molar-refractivity contribution is 5.72. The standard InChI is InChI=1S/C12H16N2O4/c1-8-2-3-10(15)9(13-8)6-14-4-5-18-11(7-14)12(16)17/h2-3,11,15H,4-7H2,1H3,(H,16,17). The summed E-state index contributed by atoms with van der Waals surface area (Å²) in [6.07, 6.45) is -0.800. The van der Waals surface area contributed by atoms with Crippen LogP contribution in [0.4, 0.5) is 0 Å². The molecule has 1 fully saturated rings. The van der Waals surface area contributed by atoms with Crippen molar-refractivity contribution in [3.63, 3.8) is 0 Å². The highest BCUT2D eigenvalue weighted by Crippen LogP contribution is 2.18. The molecule has 1 aromatic heterocycles. The number of hydrogen-bond acceptors (Lipinski definition) is 5. The van der Waals surface area contributed by atoms with Gasteiger partial charge in [-0.25, -0.2) is 4.79 Å². The van der Waals surface area contributed by atoms with Crippen LogP contribution in [0, 0.1) is 6.92 Å². The largest absolute Gasteiger partial charge is 0.506 e. The van der Waals surface area contributed by atoms with Crippen molar-refractivity contribution in [2.45, 2.75) is 19.6 Å². The third-order valence-corrected chi connectivity index (χ3v) is 2.89. The normalized spacial score (nSPS) is 20.8. The summed E-state index contributed by atoms with van der Waals surface area (Å²) in [5.74, 6) is -0.819. The van der Waals surface area contributed by atoms with E-state index < -0.39 is 12.1 Å². The number of pyridine rings is 1. The molecular formula is C12H16N2O4. The van der Waals surface area contributed by atoms with Gasteiger partial charge in [-0.05, 0) is 19.1 Å². The van der Waals surface area contributed by atoms with Gasteiger partial charge in [-0.3, -0.25) is 9.88 Å². The molecule has 0 spiro atoms. The Kier molecular flexibility index (Phi) is 3.78. The number of nitrogens with zero attached hydrogens (tertiary/aromatic N) is 2. The molecule has 0 aromatic carbocycles. The summed E-state index contributed by atoms with van der Waals surface area (Å²) in [6, 6.07) is 3.34. The quantitative estimate of drug-likeness (QED) is 0.809. The first kappa shape index (κ1) is 12.8.